The number of fused-ring (bicyclic) bond motifs is 1. The van der Waals surface area contributed by atoms with Crippen LogP contribution in [0.1, 0.15) is 5.69 Å². The number of hydrogen-bond acceptors (Lipinski definition) is 3. The van der Waals surface area contributed by atoms with Crippen molar-refractivity contribution >= 4 is 0 Å². The molecule has 1 saturated carbocycles. The maximum absolute atomic E-state index is 12.7. The lowest BCUT2D eigenvalue weighted by Crippen LogP contribution is -2.18. The molecule has 3 rings (SSSR count). The maximum Gasteiger partial charge on any atom is 0.437 e. The molecule has 1 aliphatic carbocycles. The summed E-state index contributed by atoms with van der Waals surface area (Å²) >= 11 is 0. The van der Waals surface area contributed by atoms with Crippen molar-refractivity contribution in [1.82, 2.24) is 10.3 Å². The van der Waals surface area contributed by atoms with E-state index in [2.05, 4.69) is 10.3 Å². The smallest absolute Gasteiger partial charge is 0.437 e. The molecule has 1 N–H and O–H groups in total. The summed E-state index contributed by atoms with van der Waals surface area (Å²) in [4.78, 5) is 3.36. The van der Waals surface area contributed by atoms with Crippen LogP contribution in [-0.2, 0) is 6.18 Å². The van der Waals surface area contributed by atoms with E-state index in [1.165, 1.54) is 12.1 Å². The van der Waals surface area contributed by atoms with Crippen LogP contribution < -0.4 is 10.1 Å². The van der Waals surface area contributed by atoms with Gasteiger partial charge in [-0.25, -0.2) is 4.98 Å². The summed E-state index contributed by atoms with van der Waals surface area (Å²) < 4.78 is 43.3. The first kappa shape index (κ1) is 11.8. The van der Waals surface area contributed by atoms with Gasteiger partial charge in [-0.15, -0.1) is 0 Å². The highest BCUT2D eigenvalue weighted by Crippen LogP contribution is 2.48. The van der Waals surface area contributed by atoms with Crippen LogP contribution in [-0.4, -0.2) is 24.7 Å². The minimum absolute atomic E-state index is 0.164. The van der Waals surface area contributed by atoms with E-state index >= 15 is 0 Å². The lowest BCUT2D eigenvalue weighted by atomic mass is 10.3. The van der Waals surface area contributed by atoms with Gasteiger partial charge < -0.3 is 10.1 Å². The highest BCUT2D eigenvalue weighted by molar-refractivity contribution is 5.29. The van der Waals surface area contributed by atoms with E-state index in [0.717, 1.165) is 19.3 Å². The zero-order valence-electron chi connectivity index (χ0n) is 9.57. The first-order valence-electron chi connectivity index (χ1n) is 5.93. The van der Waals surface area contributed by atoms with Gasteiger partial charge in [0.15, 0.2) is 5.69 Å². The SMILES string of the molecule is FC(F)(F)c1ncccc1OCC1[C@H]2CNC[C@@H]12. The van der Waals surface area contributed by atoms with Gasteiger partial charge in [0.05, 0.1) is 6.61 Å². The zero-order chi connectivity index (χ0) is 12.8. The second-order valence-electron chi connectivity index (χ2n) is 4.81. The molecule has 0 amide bonds. The van der Waals surface area contributed by atoms with Gasteiger partial charge in [0.1, 0.15) is 5.75 Å². The molecule has 98 valence electrons. The molecular weight excluding hydrogens is 245 g/mol. The fraction of sp³-hybridized carbons (Fsp3) is 0.583. The molecule has 3 atom stereocenters. The van der Waals surface area contributed by atoms with E-state index in [0.29, 0.717) is 24.4 Å². The molecule has 6 heteroatoms. The molecule has 1 aliphatic heterocycles. The average Bonchev–Trinajstić information content (AvgIpc) is 2.77. The lowest BCUT2D eigenvalue weighted by molar-refractivity contribution is -0.142. The van der Waals surface area contributed by atoms with Crippen LogP contribution in [0.3, 0.4) is 0 Å². The molecule has 2 fully saturated rings. The Morgan fingerprint density at radius 2 is 2.06 bits per heavy atom. The predicted octanol–water partition coefficient (Wildman–Crippen LogP) is 1.94. The molecule has 1 unspecified atom stereocenters. The summed E-state index contributed by atoms with van der Waals surface area (Å²) in [5, 5.41) is 3.24. The zero-order valence-corrected chi connectivity index (χ0v) is 9.57. The standard InChI is InChI=1S/C12H13F3N2O/c13-12(14,15)11-10(2-1-3-17-11)18-6-9-7-4-16-5-8(7)9/h1-3,7-9,16H,4-6H2/t7-,8+,9?. The fourth-order valence-electron chi connectivity index (χ4n) is 2.70. The van der Waals surface area contributed by atoms with Gasteiger partial charge in [-0.2, -0.15) is 13.2 Å². The summed E-state index contributed by atoms with van der Waals surface area (Å²) in [5.74, 6) is 1.39. The number of piperidine rings is 1. The van der Waals surface area contributed by atoms with Crippen molar-refractivity contribution in [3.63, 3.8) is 0 Å². The lowest BCUT2D eigenvalue weighted by Gasteiger charge is -2.13. The van der Waals surface area contributed by atoms with Gasteiger partial charge in [-0.05, 0) is 37.1 Å². The van der Waals surface area contributed by atoms with Crippen molar-refractivity contribution in [3.05, 3.63) is 24.0 Å². The van der Waals surface area contributed by atoms with Gasteiger partial charge in [0.2, 0.25) is 0 Å². The third kappa shape index (κ3) is 2.05. The molecule has 0 radical (unpaired) electrons. The minimum atomic E-state index is -4.46. The van der Waals surface area contributed by atoms with Crippen LogP contribution in [0.2, 0.25) is 0 Å². The monoisotopic (exact) mass is 258 g/mol. The van der Waals surface area contributed by atoms with E-state index in [1.807, 2.05) is 0 Å². The molecule has 1 aromatic rings. The quantitative estimate of drug-likeness (QED) is 0.899. The summed E-state index contributed by atoms with van der Waals surface area (Å²) in [6.45, 7) is 2.27. The number of rotatable bonds is 3. The predicted molar refractivity (Wildman–Crippen MR) is 58.1 cm³/mol. The van der Waals surface area contributed by atoms with Gasteiger partial charge in [-0.1, -0.05) is 0 Å². The van der Waals surface area contributed by atoms with Crippen LogP contribution in [0, 0.1) is 17.8 Å². The van der Waals surface area contributed by atoms with Gasteiger partial charge in [0, 0.05) is 12.1 Å². The molecule has 3 nitrogen and oxygen atoms in total. The van der Waals surface area contributed by atoms with Crippen molar-refractivity contribution < 1.29 is 17.9 Å². The fourth-order valence-corrected chi connectivity index (χ4v) is 2.70. The van der Waals surface area contributed by atoms with E-state index in [1.54, 1.807) is 0 Å². The van der Waals surface area contributed by atoms with E-state index in [9.17, 15) is 13.2 Å². The number of pyridine rings is 1. The number of nitrogens with zero attached hydrogens (tertiary/aromatic N) is 1. The second kappa shape index (κ2) is 4.12. The van der Waals surface area contributed by atoms with E-state index in [-0.39, 0.29) is 5.75 Å². The van der Waals surface area contributed by atoms with Gasteiger partial charge in [-0.3, -0.25) is 0 Å². The second-order valence-corrected chi connectivity index (χ2v) is 4.81. The molecule has 2 heterocycles. The Bertz CT molecular complexity index is 439. The van der Waals surface area contributed by atoms with Crippen molar-refractivity contribution in [2.45, 2.75) is 6.18 Å². The molecule has 18 heavy (non-hydrogen) atoms. The number of halogens is 3. The first-order valence-corrected chi connectivity index (χ1v) is 5.93. The Labute approximate surface area is 102 Å². The molecular formula is C12H13F3N2O. The van der Waals surface area contributed by atoms with Crippen molar-refractivity contribution in [1.29, 1.82) is 0 Å². The Balaban J connectivity index is 1.66. The number of nitrogens with one attached hydrogen (secondary N) is 1. The van der Waals surface area contributed by atoms with Crippen LogP contribution in [0.25, 0.3) is 0 Å². The Morgan fingerprint density at radius 1 is 1.33 bits per heavy atom. The molecule has 0 aromatic carbocycles. The highest BCUT2D eigenvalue weighted by atomic mass is 19.4. The van der Waals surface area contributed by atoms with Crippen LogP contribution in [0.4, 0.5) is 13.2 Å². The Morgan fingerprint density at radius 3 is 2.72 bits per heavy atom. The van der Waals surface area contributed by atoms with E-state index in [4.69, 9.17) is 4.74 Å². The average molecular weight is 258 g/mol. The molecule has 0 bridgehead atoms. The minimum Gasteiger partial charge on any atom is -0.491 e. The highest BCUT2D eigenvalue weighted by Gasteiger charge is 2.53. The number of alkyl halides is 3. The number of hydrogen-bond donors (Lipinski definition) is 1. The topological polar surface area (TPSA) is 34.1 Å². The summed E-state index contributed by atoms with van der Waals surface area (Å²) in [7, 11) is 0. The number of ether oxygens (including phenoxy) is 1. The first-order chi connectivity index (χ1) is 8.57. The molecule has 2 aliphatic rings. The van der Waals surface area contributed by atoms with E-state index < -0.39 is 11.9 Å². The van der Waals surface area contributed by atoms with Crippen LogP contribution in [0.15, 0.2) is 18.3 Å². The third-order valence-electron chi connectivity index (χ3n) is 3.74. The Kier molecular flexibility index (Phi) is 2.69. The van der Waals surface area contributed by atoms with Crippen molar-refractivity contribution in [2.75, 3.05) is 19.7 Å². The third-order valence-corrected chi connectivity index (χ3v) is 3.74. The van der Waals surface area contributed by atoms with Crippen LogP contribution in [0.5, 0.6) is 5.75 Å². The van der Waals surface area contributed by atoms with Crippen LogP contribution >= 0.6 is 0 Å². The van der Waals surface area contributed by atoms with Gasteiger partial charge >= 0.3 is 6.18 Å². The summed E-state index contributed by atoms with van der Waals surface area (Å²) in [6.07, 6.45) is -3.33. The summed E-state index contributed by atoms with van der Waals surface area (Å²) in [6, 6.07) is 2.78. The summed E-state index contributed by atoms with van der Waals surface area (Å²) in [5.41, 5.74) is -0.936. The Hall–Kier alpha value is -1.30. The maximum atomic E-state index is 12.7. The van der Waals surface area contributed by atoms with Crippen molar-refractivity contribution in [3.8, 4) is 5.75 Å². The largest absolute Gasteiger partial charge is 0.491 e. The van der Waals surface area contributed by atoms with Crippen molar-refractivity contribution in [2.24, 2.45) is 17.8 Å². The van der Waals surface area contributed by atoms with Gasteiger partial charge in [0.25, 0.3) is 0 Å². The molecule has 1 aromatic heterocycles. The molecule has 1 saturated heterocycles. The molecule has 0 spiro atoms. The number of aromatic nitrogens is 1. The normalized spacial score (nSPS) is 30.1.